The molecule has 0 unspecified atom stereocenters. The third-order valence-electron chi connectivity index (χ3n) is 4.69. The predicted octanol–water partition coefficient (Wildman–Crippen LogP) is 5.14. The van der Waals surface area contributed by atoms with E-state index in [1.165, 1.54) is 0 Å². The quantitative estimate of drug-likeness (QED) is 0.491. The van der Waals surface area contributed by atoms with Gasteiger partial charge in [-0.2, -0.15) is 0 Å². The van der Waals surface area contributed by atoms with Gasteiger partial charge in [-0.25, -0.2) is 0 Å². The van der Waals surface area contributed by atoms with E-state index in [-0.39, 0.29) is 5.54 Å². The maximum atomic E-state index is 12.3. The zero-order chi connectivity index (χ0) is 17.8. The Kier molecular flexibility index (Phi) is 9.70. The first kappa shape index (κ1) is 20.7. The SMILES string of the molecule is CCCCC(N)(CCCC)CC(=O)CCCCc1cccc(O)c1. The lowest BCUT2D eigenvalue weighted by atomic mass is 9.83. The molecule has 136 valence electrons. The van der Waals surface area contributed by atoms with E-state index in [0.29, 0.717) is 24.4 Å². The Morgan fingerprint density at radius 1 is 1.08 bits per heavy atom. The monoisotopic (exact) mass is 333 g/mol. The van der Waals surface area contributed by atoms with Crippen LogP contribution in [0.1, 0.15) is 83.6 Å². The Morgan fingerprint density at radius 2 is 1.75 bits per heavy atom. The first-order valence-corrected chi connectivity index (χ1v) is 9.57. The van der Waals surface area contributed by atoms with Crippen molar-refractivity contribution in [1.29, 1.82) is 0 Å². The topological polar surface area (TPSA) is 63.3 Å². The molecule has 24 heavy (non-hydrogen) atoms. The van der Waals surface area contributed by atoms with Crippen LogP contribution in [-0.4, -0.2) is 16.4 Å². The highest BCUT2D eigenvalue weighted by Gasteiger charge is 2.26. The highest BCUT2D eigenvalue weighted by atomic mass is 16.3. The Bertz CT molecular complexity index is 476. The zero-order valence-electron chi connectivity index (χ0n) is 15.5. The van der Waals surface area contributed by atoms with E-state index in [4.69, 9.17) is 5.73 Å². The summed E-state index contributed by atoms with van der Waals surface area (Å²) in [5.74, 6) is 0.615. The minimum absolute atomic E-state index is 0.297. The van der Waals surface area contributed by atoms with Gasteiger partial charge in [0, 0.05) is 18.4 Å². The molecule has 0 heterocycles. The third-order valence-corrected chi connectivity index (χ3v) is 4.69. The Morgan fingerprint density at radius 3 is 2.33 bits per heavy atom. The van der Waals surface area contributed by atoms with Gasteiger partial charge >= 0.3 is 0 Å². The number of rotatable bonds is 13. The number of phenols is 1. The van der Waals surface area contributed by atoms with Gasteiger partial charge in [0.2, 0.25) is 0 Å². The van der Waals surface area contributed by atoms with Crippen LogP contribution in [-0.2, 0) is 11.2 Å². The number of nitrogens with two attached hydrogens (primary N) is 1. The molecule has 1 rings (SSSR count). The lowest BCUT2D eigenvalue weighted by Gasteiger charge is -2.29. The first-order chi connectivity index (χ1) is 11.5. The van der Waals surface area contributed by atoms with Crippen LogP contribution >= 0.6 is 0 Å². The van der Waals surface area contributed by atoms with Crippen molar-refractivity contribution in [3.05, 3.63) is 29.8 Å². The smallest absolute Gasteiger partial charge is 0.134 e. The van der Waals surface area contributed by atoms with Crippen molar-refractivity contribution in [3.63, 3.8) is 0 Å². The molecule has 0 aliphatic carbocycles. The molecule has 0 amide bonds. The molecule has 0 saturated carbocycles. The van der Waals surface area contributed by atoms with E-state index in [0.717, 1.165) is 63.4 Å². The van der Waals surface area contributed by atoms with Gasteiger partial charge in [0.05, 0.1) is 0 Å². The van der Waals surface area contributed by atoms with Crippen LogP contribution in [0.25, 0.3) is 0 Å². The van der Waals surface area contributed by atoms with E-state index in [9.17, 15) is 9.90 Å². The molecule has 0 saturated heterocycles. The molecule has 0 bridgehead atoms. The van der Waals surface area contributed by atoms with Crippen LogP contribution in [0.5, 0.6) is 5.75 Å². The predicted molar refractivity (Wildman–Crippen MR) is 101 cm³/mol. The van der Waals surface area contributed by atoms with Gasteiger partial charge in [-0.3, -0.25) is 4.79 Å². The summed E-state index contributed by atoms with van der Waals surface area (Å²) in [6, 6.07) is 7.35. The second-order valence-electron chi connectivity index (χ2n) is 7.16. The molecule has 1 aromatic carbocycles. The van der Waals surface area contributed by atoms with E-state index in [2.05, 4.69) is 13.8 Å². The molecule has 3 heteroatoms. The number of benzene rings is 1. The van der Waals surface area contributed by atoms with Gasteiger partial charge in [0.25, 0.3) is 0 Å². The van der Waals surface area contributed by atoms with Crippen molar-refractivity contribution in [2.24, 2.45) is 5.73 Å². The molecule has 0 aliphatic rings. The molecule has 0 radical (unpaired) electrons. The summed E-state index contributed by atoms with van der Waals surface area (Å²) >= 11 is 0. The van der Waals surface area contributed by atoms with Crippen molar-refractivity contribution in [1.82, 2.24) is 0 Å². The van der Waals surface area contributed by atoms with Gasteiger partial charge in [0.1, 0.15) is 11.5 Å². The van der Waals surface area contributed by atoms with E-state index in [1.807, 2.05) is 12.1 Å². The zero-order valence-corrected chi connectivity index (χ0v) is 15.5. The molecule has 3 nitrogen and oxygen atoms in total. The van der Waals surface area contributed by atoms with Gasteiger partial charge in [-0.15, -0.1) is 0 Å². The Labute approximate surface area is 147 Å². The minimum Gasteiger partial charge on any atom is -0.508 e. The van der Waals surface area contributed by atoms with Crippen LogP contribution in [0.3, 0.4) is 0 Å². The summed E-state index contributed by atoms with van der Waals surface area (Å²) in [5, 5.41) is 9.46. The van der Waals surface area contributed by atoms with Crippen molar-refractivity contribution < 1.29 is 9.90 Å². The van der Waals surface area contributed by atoms with Crippen LogP contribution in [0.4, 0.5) is 0 Å². The molecule has 3 N–H and O–H groups in total. The number of hydrogen-bond acceptors (Lipinski definition) is 3. The number of hydrogen-bond donors (Lipinski definition) is 2. The summed E-state index contributed by atoms with van der Waals surface area (Å²) in [7, 11) is 0. The van der Waals surface area contributed by atoms with Crippen molar-refractivity contribution >= 4 is 5.78 Å². The first-order valence-electron chi connectivity index (χ1n) is 9.57. The Hall–Kier alpha value is -1.35. The van der Waals surface area contributed by atoms with Gasteiger partial charge in [0.15, 0.2) is 0 Å². The summed E-state index contributed by atoms with van der Waals surface area (Å²) < 4.78 is 0. The molecule has 0 aliphatic heterocycles. The molecule has 0 aromatic heterocycles. The largest absolute Gasteiger partial charge is 0.508 e. The summed E-state index contributed by atoms with van der Waals surface area (Å²) in [6.45, 7) is 4.34. The standard InChI is InChI=1S/C21H35NO2/c1-3-5-14-21(22,15-6-4-2)17-20(24)12-8-7-10-18-11-9-13-19(23)16-18/h9,11,13,16,23H,3-8,10,12,14-15,17,22H2,1-2H3. The summed E-state index contributed by atoms with van der Waals surface area (Å²) in [5.41, 5.74) is 7.36. The second-order valence-corrected chi connectivity index (χ2v) is 7.16. The van der Waals surface area contributed by atoms with Gasteiger partial charge in [-0.05, 0) is 49.8 Å². The molecular weight excluding hydrogens is 298 g/mol. The average molecular weight is 334 g/mol. The highest BCUT2D eigenvalue weighted by Crippen LogP contribution is 2.24. The maximum absolute atomic E-state index is 12.3. The normalized spacial score (nSPS) is 11.6. The lowest BCUT2D eigenvalue weighted by molar-refractivity contribution is -0.120. The fraction of sp³-hybridized carbons (Fsp3) is 0.667. The number of phenolic OH excluding ortho intramolecular Hbond substituents is 1. The number of unbranched alkanes of at least 4 members (excludes halogenated alkanes) is 3. The molecule has 0 spiro atoms. The minimum atomic E-state index is -0.297. The van der Waals surface area contributed by atoms with E-state index < -0.39 is 0 Å². The summed E-state index contributed by atoms with van der Waals surface area (Å²) in [4.78, 5) is 12.3. The van der Waals surface area contributed by atoms with Gasteiger partial charge < -0.3 is 10.8 Å². The summed E-state index contributed by atoms with van der Waals surface area (Å²) in [6.07, 6.45) is 10.3. The van der Waals surface area contributed by atoms with Crippen molar-refractivity contribution in [3.8, 4) is 5.75 Å². The number of Topliss-reactive ketones (excluding diaryl/α,β-unsaturated/α-hetero) is 1. The lowest BCUT2D eigenvalue weighted by Crippen LogP contribution is -2.42. The van der Waals surface area contributed by atoms with Crippen LogP contribution in [0.15, 0.2) is 24.3 Å². The van der Waals surface area contributed by atoms with E-state index >= 15 is 0 Å². The second kappa shape index (κ2) is 11.2. The highest BCUT2D eigenvalue weighted by molar-refractivity contribution is 5.79. The number of aryl methyl sites for hydroxylation is 1. The average Bonchev–Trinajstić information content (AvgIpc) is 2.55. The number of carbonyl (C=O) groups is 1. The fourth-order valence-corrected chi connectivity index (χ4v) is 3.20. The van der Waals surface area contributed by atoms with Crippen LogP contribution < -0.4 is 5.73 Å². The van der Waals surface area contributed by atoms with Crippen molar-refractivity contribution in [2.75, 3.05) is 0 Å². The van der Waals surface area contributed by atoms with Crippen LogP contribution in [0, 0.1) is 0 Å². The molecular formula is C21H35NO2. The Balaban J connectivity index is 2.34. The molecule has 0 fully saturated rings. The number of ketones is 1. The number of carbonyl (C=O) groups excluding carboxylic acids is 1. The van der Waals surface area contributed by atoms with Crippen LogP contribution in [0.2, 0.25) is 0 Å². The van der Waals surface area contributed by atoms with Crippen molar-refractivity contribution in [2.45, 2.75) is 90.0 Å². The van der Waals surface area contributed by atoms with Gasteiger partial charge in [-0.1, -0.05) is 51.7 Å². The molecule has 1 aromatic rings. The number of aromatic hydroxyl groups is 1. The third kappa shape index (κ3) is 8.49. The fourth-order valence-electron chi connectivity index (χ4n) is 3.20. The molecule has 0 atom stereocenters. The van der Waals surface area contributed by atoms with E-state index in [1.54, 1.807) is 12.1 Å². The maximum Gasteiger partial charge on any atom is 0.134 e.